The molecule has 0 unspecified atom stereocenters. The monoisotopic (exact) mass is 176 g/mol. The Morgan fingerprint density at radius 2 is 2.23 bits per heavy atom. The lowest BCUT2D eigenvalue weighted by Crippen LogP contribution is -1.72. The van der Waals surface area contributed by atoms with Gasteiger partial charge in [0.25, 0.3) is 0 Å². The van der Waals surface area contributed by atoms with E-state index in [1.54, 1.807) is 6.07 Å². The summed E-state index contributed by atoms with van der Waals surface area (Å²) in [4.78, 5) is 13.1. The molecule has 0 aliphatic heterocycles. The second kappa shape index (κ2) is 2.58. The molecule has 0 bridgehead atoms. The lowest BCUT2D eigenvalue weighted by molar-refractivity contribution is 0.460. The van der Waals surface area contributed by atoms with E-state index in [9.17, 15) is 10.0 Å². The van der Waals surface area contributed by atoms with Crippen LogP contribution in [0.3, 0.4) is 0 Å². The normalized spacial score (nSPS) is 10.5. The van der Waals surface area contributed by atoms with Crippen molar-refractivity contribution in [2.45, 2.75) is 6.92 Å². The number of nitrogens with one attached hydrogen (secondary N) is 1. The van der Waals surface area contributed by atoms with Crippen LogP contribution in [0.5, 0.6) is 5.88 Å². The topological polar surface area (TPSA) is 65.4 Å². The Balaban J connectivity index is 2.96. The molecule has 0 fully saturated rings. The van der Waals surface area contributed by atoms with Crippen LogP contribution in [0.1, 0.15) is 5.56 Å². The van der Waals surface area contributed by atoms with Crippen LogP contribution in [0.25, 0.3) is 10.9 Å². The molecule has 0 saturated heterocycles. The maximum atomic E-state index is 10.4. The van der Waals surface area contributed by atoms with Gasteiger partial charge in [0.05, 0.1) is 5.52 Å². The van der Waals surface area contributed by atoms with E-state index in [1.807, 2.05) is 19.1 Å². The second-order valence-corrected chi connectivity index (χ2v) is 2.91. The van der Waals surface area contributed by atoms with Crippen LogP contribution >= 0.6 is 0 Å². The highest BCUT2D eigenvalue weighted by Crippen LogP contribution is 2.36. The molecule has 1 aromatic heterocycles. The number of nitroso groups, excluding NO2 is 1. The Labute approximate surface area is 74.2 Å². The summed E-state index contributed by atoms with van der Waals surface area (Å²) >= 11 is 0. The SMILES string of the molecule is Cc1cccc2[nH]c(O)c(N=O)c12. The summed E-state index contributed by atoms with van der Waals surface area (Å²) in [7, 11) is 0. The van der Waals surface area contributed by atoms with Crippen LogP contribution < -0.4 is 0 Å². The molecule has 13 heavy (non-hydrogen) atoms. The maximum Gasteiger partial charge on any atom is 0.219 e. The Hall–Kier alpha value is -1.84. The molecule has 66 valence electrons. The number of aromatic amines is 1. The number of aryl methyl sites for hydroxylation is 1. The number of H-pyrrole nitrogens is 1. The summed E-state index contributed by atoms with van der Waals surface area (Å²) in [5.74, 6) is -0.167. The Kier molecular flexibility index (Phi) is 1.55. The van der Waals surface area contributed by atoms with Gasteiger partial charge in [0.1, 0.15) is 0 Å². The molecular weight excluding hydrogens is 168 g/mol. The van der Waals surface area contributed by atoms with Gasteiger partial charge < -0.3 is 10.1 Å². The molecule has 0 aliphatic rings. The largest absolute Gasteiger partial charge is 0.493 e. The molecule has 0 amide bonds. The first-order valence-corrected chi connectivity index (χ1v) is 3.87. The van der Waals surface area contributed by atoms with E-state index >= 15 is 0 Å². The van der Waals surface area contributed by atoms with Gasteiger partial charge in [-0.1, -0.05) is 12.1 Å². The third-order valence-corrected chi connectivity index (χ3v) is 2.08. The zero-order valence-corrected chi connectivity index (χ0v) is 7.03. The molecule has 0 spiro atoms. The van der Waals surface area contributed by atoms with Crippen molar-refractivity contribution in [2.24, 2.45) is 5.18 Å². The Bertz CT molecular complexity index is 474. The summed E-state index contributed by atoms with van der Waals surface area (Å²) in [6, 6.07) is 5.50. The van der Waals surface area contributed by atoms with Crippen LogP contribution in [0.15, 0.2) is 23.4 Å². The van der Waals surface area contributed by atoms with Crippen molar-refractivity contribution in [1.82, 2.24) is 4.98 Å². The summed E-state index contributed by atoms with van der Waals surface area (Å²) in [6.45, 7) is 1.87. The number of rotatable bonds is 1. The van der Waals surface area contributed by atoms with E-state index in [0.29, 0.717) is 5.39 Å². The number of fused-ring (bicyclic) bond motifs is 1. The van der Waals surface area contributed by atoms with Crippen molar-refractivity contribution in [1.29, 1.82) is 0 Å². The highest BCUT2D eigenvalue weighted by atomic mass is 16.3. The molecule has 0 saturated carbocycles. The predicted molar refractivity (Wildman–Crippen MR) is 50.2 cm³/mol. The minimum Gasteiger partial charge on any atom is -0.493 e. The van der Waals surface area contributed by atoms with Gasteiger partial charge in [-0.3, -0.25) is 0 Å². The molecule has 4 nitrogen and oxygen atoms in total. The molecule has 0 aliphatic carbocycles. The Morgan fingerprint density at radius 1 is 1.46 bits per heavy atom. The quantitative estimate of drug-likeness (QED) is 0.656. The van der Waals surface area contributed by atoms with E-state index in [4.69, 9.17) is 0 Å². The molecule has 4 heteroatoms. The summed E-state index contributed by atoms with van der Waals surface area (Å²) in [5.41, 5.74) is 1.74. The zero-order chi connectivity index (χ0) is 9.42. The van der Waals surface area contributed by atoms with Crippen molar-refractivity contribution in [3.63, 3.8) is 0 Å². The molecule has 1 aromatic carbocycles. The van der Waals surface area contributed by atoms with Crippen LogP contribution in [-0.4, -0.2) is 10.1 Å². The van der Waals surface area contributed by atoms with Crippen LogP contribution in [-0.2, 0) is 0 Å². The fraction of sp³-hybridized carbons (Fsp3) is 0.111. The lowest BCUT2D eigenvalue weighted by atomic mass is 10.1. The van der Waals surface area contributed by atoms with Crippen molar-refractivity contribution in [3.8, 4) is 5.88 Å². The fourth-order valence-electron chi connectivity index (χ4n) is 1.48. The predicted octanol–water partition coefficient (Wildman–Crippen LogP) is 2.58. The maximum absolute atomic E-state index is 10.4. The molecular formula is C9H8N2O2. The first-order chi connectivity index (χ1) is 6.24. The first kappa shape index (κ1) is 7.79. The number of hydrogen-bond donors (Lipinski definition) is 2. The molecule has 0 atom stereocenters. The van der Waals surface area contributed by atoms with Crippen molar-refractivity contribution in [3.05, 3.63) is 28.7 Å². The van der Waals surface area contributed by atoms with Gasteiger partial charge in [-0.15, -0.1) is 4.91 Å². The smallest absolute Gasteiger partial charge is 0.219 e. The standard InChI is InChI=1S/C9H8N2O2/c1-5-3-2-4-6-7(5)8(11-13)9(12)10-6/h2-4,10,12H,1H3. The molecule has 2 rings (SSSR count). The van der Waals surface area contributed by atoms with E-state index in [2.05, 4.69) is 10.2 Å². The summed E-state index contributed by atoms with van der Waals surface area (Å²) in [6.07, 6.45) is 0. The van der Waals surface area contributed by atoms with Crippen LogP contribution in [0.4, 0.5) is 5.69 Å². The summed E-state index contributed by atoms with van der Waals surface area (Å²) < 4.78 is 0. The summed E-state index contributed by atoms with van der Waals surface area (Å²) in [5, 5.41) is 12.8. The van der Waals surface area contributed by atoms with Gasteiger partial charge in [-0.2, -0.15) is 0 Å². The van der Waals surface area contributed by atoms with E-state index in [-0.39, 0.29) is 11.6 Å². The molecule has 0 radical (unpaired) electrons. The van der Waals surface area contributed by atoms with Gasteiger partial charge in [0.15, 0.2) is 5.69 Å². The number of benzene rings is 1. The van der Waals surface area contributed by atoms with Gasteiger partial charge >= 0.3 is 0 Å². The molecule has 2 N–H and O–H groups in total. The molecule has 1 heterocycles. The lowest BCUT2D eigenvalue weighted by Gasteiger charge is -1.93. The van der Waals surface area contributed by atoms with Gasteiger partial charge in [0, 0.05) is 5.39 Å². The van der Waals surface area contributed by atoms with Crippen molar-refractivity contribution < 1.29 is 5.11 Å². The van der Waals surface area contributed by atoms with E-state index in [0.717, 1.165) is 11.1 Å². The minimum absolute atomic E-state index is 0.0908. The average Bonchev–Trinajstić information content (AvgIpc) is 2.42. The van der Waals surface area contributed by atoms with E-state index < -0.39 is 0 Å². The highest BCUT2D eigenvalue weighted by molar-refractivity contribution is 5.96. The number of aromatic nitrogens is 1. The third kappa shape index (κ3) is 0.989. The number of nitrogens with zero attached hydrogens (tertiary/aromatic N) is 1. The Morgan fingerprint density at radius 3 is 2.92 bits per heavy atom. The minimum atomic E-state index is -0.167. The van der Waals surface area contributed by atoms with Gasteiger partial charge in [0.2, 0.25) is 5.88 Å². The highest BCUT2D eigenvalue weighted by Gasteiger charge is 2.12. The first-order valence-electron chi connectivity index (χ1n) is 3.87. The fourth-order valence-corrected chi connectivity index (χ4v) is 1.48. The molecule has 2 aromatic rings. The van der Waals surface area contributed by atoms with Crippen LogP contribution in [0.2, 0.25) is 0 Å². The van der Waals surface area contributed by atoms with Crippen molar-refractivity contribution >= 4 is 16.6 Å². The number of hydrogen-bond acceptors (Lipinski definition) is 3. The van der Waals surface area contributed by atoms with Crippen molar-refractivity contribution in [2.75, 3.05) is 0 Å². The third-order valence-electron chi connectivity index (χ3n) is 2.08. The van der Waals surface area contributed by atoms with E-state index in [1.165, 1.54) is 0 Å². The van der Waals surface area contributed by atoms with Crippen LogP contribution in [0, 0.1) is 11.8 Å². The van der Waals surface area contributed by atoms with Gasteiger partial charge in [-0.25, -0.2) is 0 Å². The number of aromatic hydroxyl groups is 1. The zero-order valence-electron chi connectivity index (χ0n) is 7.03. The average molecular weight is 176 g/mol. The van der Waals surface area contributed by atoms with Gasteiger partial charge in [-0.05, 0) is 23.7 Å². The second-order valence-electron chi connectivity index (χ2n) is 2.91.